The quantitative estimate of drug-likeness (QED) is 0.710. The first-order valence-electron chi connectivity index (χ1n) is 6.97. The lowest BCUT2D eigenvalue weighted by Crippen LogP contribution is -2.25. The summed E-state index contributed by atoms with van der Waals surface area (Å²) in [5.41, 5.74) is 0.154. The Morgan fingerprint density at radius 3 is 2.38 bits per heavy atom. The van der Waals surface area contributed by atoms with E-state index in [0.717, 1.165) is 32.1 Å². The second kappa shape index (κ2) is 9.12. The van der Waals surface area contributed by atoms with Crippen molar-refractivity contribution in [3.8, 4) is 12.1 Å². The van der Waals surface area contributed by atoms with Crippen LogP contribution in [-0.4, -0.2) is 15.0 Å². The highest BCUT2D eigenvalue weighted by Gasteiger charge is 2.17. The molecule has 0 spiro atoms. The lowest BCUT2D eigenvalue weighted by Gasteiger charge is -2.07. The van der Waals surface area contributed by atoms with E-state index in [9.17, 15) is 8.42 Å². The molecule has 1 aromatic carbocycles. The van der Waals surface area contributed by atoms with E-state index < -0.39 is 10.0 Å². The van der Waals surface area contributed by atoms with Crippen LogP contribution in [0.25, 0.3) is 0 Å². The molecule has 0 unspecified atom stereocenters. The molecule has 1 N–H and O–H groups in total. The molecule has 1 aromatic rings. The number of nitriles is 2. The predicted octanol–water partition coefficient (Wildman–Crippen LogP) is 2.70. The monoisotopic (exact) mass is 305 g/mol. The van der Waals surface area contributed by atoms with Crippen LogP contribution in [0.1, 0.15) is 44.1 Å². The van der Waals surface area contributed by atoms with Crippen molar-refractivity contribution in [2.24, 2.45) is 0 Å². The molecule has 6 heteroatoms. The fourth-order valence-electron chi connectivity index (χ4n) is 1.94. The Morgan fingerprint density at radius 1 is 1.00 bits per heavy atom. The summed E-state index contributed by atoms with van der Waals surface area (Å²) < 4.78 is 26.7. The molecule has 1 rings (SSSR count). The Bertz CT molecular complexity index is 627. The highest BCUT2D eigenvalue weighted by atomic mass is 32.2. The van der Waals surface area contributed by atoms with Crippen molar-refractivity contribution in [1.29, 1.82) is 10.5 Å². The van der Waals surface area contributed by atoms with Crippen LogP contribution in [0.4, 0.5) is 0 Å². The third-order valence-electron chi connectivity index (χ3n) is 3.05. The first-order chi connectivity index (χ1) is 10.1. The third-order valence-corrected chi connectivity index (χ3v) is 4.57. The van der Waals surface area contributed by atoms with E-state index in [0.29, 0.717) is 13.0 Å². The van der Waals surface area contributed by atoms with Crippen molar-refractivity contribution in [3.05, 3.63) is 29.8 Å². The van der Waals surface area contributed by atoms with Crippen molar-refractivity contribution in [2.75, 3.05) is 6.54 Å². The number of hydrogen-bond acceptors (Lipinski definition) is 4. The summed E-state index contributed by atoms with van der Waals surface area (Å²) in [6.45, 7) is 0.361. The number of benzene rings is 1. The van der Waals surface area contributed by atoms with E-state index in [1.54, 1.807) is 12.1 Å². The smallest absolute Gasteiger partial charge is 0.211 e. The Balaban J connectivity index is 2.38. The van der Waals surface area contributed by atoms with Gasteiger partial charge in [-0.05, 0) is 25.0 Å². The number of nitrogens with one attached hydrogen (secondary N) is 1. The second-order valence-corrected chi connectivity index (χ2v) is 6.42. The third kappa shape index (κ3) is 5.95. The van der Waals surface area contributed by atoms with Crippen LogP contribution in [0.5, 0.6) is 0 Å². The molecule has 0 bridgehead atoms. The molecule has 0 aromatic heterocycles. The molecule has 0 aliphatic heterocycles. The van der Waals surface area contributed by atoms with Crippen LogP contribution >= 0.6 is 0 Å². The maximum absolute atomic E-state index is 12.1. The molecule has 0 aliphatic rings. The average molecular weight is 305 g/mol. The summed E-state index contributed by atoms with van der Waals surface area (Å²) in [6.07, 6.45) is 5.15. The standard InChI is InChI=1S/C15H19N3O2S/c16-11-7-3-1-2-4-8-12-18-21(19,20)15-10-6-5-9-14(15)13-17/h5-6,9-10,18H,1-4,7-8,12H2. The first-order valence-corrected chi connectivity index (χ1v) is 8.46. The topological polar surface area (TPSA) is 93.8 Å². The van der Waals surface area contributed by atoms with Crippen molar-refractivity contribution >= 4 is 10.0 Å². The zero-order valence-corrected chi connectivity index (χ0v) is 12.7. The normalized spacial score (nSPS) is 10.8. The number of unbranched alkanes of at least 4 members (excludes halogenated alkanes) is 5. The maximum Gasteiger partial charge on any atom is 0.241 e. The molecule has 0 amide bonds. The second-order valence-electron chi connectivity index (χ2n) is 4.68. The van der Waals surface area contributed by atoms with Gasteiger partial charge in [-0.15, -0.1) is 0 Å². The average Bonchev–Trinajstić information content (AvgIpc) is 2.50. The van der Waals surface area contributed by atoms with Crippen molar-refractivity contribution in [3.63, 3.8) is 0 Å². The molecule has 5 nitrogen and oxygen atoms in total. The number of rotatable bonds is 9. The van der Waals surface area contributed by atoms with Gasteiger partial charge in [-0.2, -0.15) is 10.5 Å². The van der Waals surface area contributed by atoms with Crippen molar-refractivity contribution in [2.45, 2.75) is 43.4 Å². The van der Waals surface area contributed by atoms with E-state index in [1.807, 2.05) is 6.07 Å². The zero-order valence-electron chi connectivity index (χ0n) is 11.9. The van der Waals surface area contributed by atoms with Gasteiger partial charge in [0.15, 0.2) is 0 Å². The summed E-state index contributed by atoms with van der Waals surface area (Å²) >= 11 is 0. The molecule has 21 heavy (non-hydrogen) atoms. The molecular formula is C15H19N3O2S. The summed E-state index contributed by atoms with van der Waals surface area (Å²) in [5.74, 6) is 0. The summed E-state index contributed by atoms with van der Waals surface area (Å²) in [5, 5.41) is 17.3. The van der Waals surface area contributed by atoms with Gasteiger partial charge in [-0.1, -0.05) is 31.4 Å². The zero-order chi connectivity index (χ0) is 15.6. The summed E-state index contributed by atoms with van der Waals surface area (Å²) in [7, 11) is -3.62. The fraction of sp³-hybridized carbons (Fsp3) is 0.467. The highest BCUT2D eigenvalue weighted by Crippen LogP contribution is 2.14. The highest BCUT2D eigenvalue weighted by molar-refractivity contribution is 7.89. The van der Waals surface area contributed by atoms with E-state index in [4.69, 9.17) is 10.5 Å². The first kappa shape index (κ1) is 17.2. The molecular weight excluding hydrogens is 286 g/mol. The number of nitrogens with zero attached hydrogens (tertiary/aromatic N) is 2. The molecule has 0 radical (unpaired) electrons. The van der Waals surface area contributed by atoms with Crippen molar-refractivity contribution in [1.82, 2.24) is 4.72 Å². The summed E-state index contributed by atoms with van der Waals surface area (Å²) in [4.78, 5) is 0.0292. The minimum Gasteiger partial charge on any atom is -0.211 e. The molecule has 0 saturated heterocycles. The Morgan fingerprint density at radius 2 is 1.67 bits per heavy atom. The van der Waals surface area contributed by atoms with Gasteiger partial charge in [0, 0.05) is 13.0 Å². The predicted molar refractivity (Wildman–Crippen MR) is 79.7 cm³/mol. The van der Waals surface area contributed by atoms with Gasteiger partial charge in [0.25, 0.3) is 0 Å². The Labute approximate surface area is 126 Å². The van der Waals surface area contributed by atoms with Crippen molar-refractivity contribution < 1.29 is 8.42 Å². The van der Waals surface area contributed by atoms with Crippen LogP contribution in [0.2, 0.25) is 0 Å². The van der Waals surface area contributed by atoms with Gasteiger partial charge in [0.1, 0.15) is 6.07 Å². The molecule has 0 atom stereocenters. The molecule has 0 heterocycles. The van der Waals surface area contributed by atoms with Crippen LogP contribution in [-0.2, 0) is 10.0 Å². The van der Waals surface area contributed by atoms with Crippen LogP contribution in [0.15, 0.2) is 29.2 Å². The van der Waals surface area contributed by atoms with Gasteiger partial charge in [0.05, 0.1) is 16.5 Å². The summed E-state index contributed by atoms with van der Waals surface area (Å²) in [6, 6.07) is 10.1. The van der Waals surface area contributed by atoms with Gasteiger partial charge in [-0.3, -0.25) is 0 Å². The van der Waals surface area contributed by atoms with E-state index >= 15 is 0 Å². The van der Waals surface area contributed by atoms with Crippen LogP contribution < -0.4 is 4.72 Å². The van der Waals surface area contributed by atoms with Gasteiger partial charge in [-0.25, -0.2) is 13.1 Å². The maximum atomic E-state index is 12.1. The lowest BCUT2D eigenvalue weighted by molar-refractivity contribution is 0.569. The van der Waals surface area contributed by atoms with E-state index in [-0.39, 0.29) is 10.5 Å². The van der Waals surface area contributed by atoms with E-state index in [2.05, 4.69) is 10.8 Å². The Hall–Kier alpha value is -1.89. The molecule has 112 valence electrons. The van der Waals surface area contributed by atoms with Crippen LogP contribution in [0.3, 0.4) is 0 Å². The molecule has 0 aliphatic carbocycles. The minimum atomic E-state index is -3.62. The van der Waals surface area contributed by atoms with Gasteiger partial charge < -0.3 is 0 Å². The molecule has 0 fully saturated rings. The molecule has 0 saturated carbocycles. The van der Waals surface area contributed by atoms with E-state index in [1.165, 1.54) is 12.1 Å². The minimum absolute atomic E-state index is 0.0292. The van der Waals surface area contributed by atoms with Crippen LogP contribution in [0, 0.1) is 22.7 Å². The van der Waals surface area contributed by atoms with Gasteiger partial charge >= 0.3 is 0 Å². The fourth-order valence-corrected chi connectivity index (χ4v) is 3.17. The SMILES string of the molecule is N#CCCCCCCCNS(=O)(=O)c1ccccc1C#N. The lowest BCUT2D eigenvalue weighted by atomic mass is 10.1. The largest absolute Gasteiger partial charge is 0.241 e. The van der Waals surface area contributed by atoms with Gasteiger partial charge in [0.2, 0.25) is 10.0 Å². The number of hydrogen-bond donors (Lipinski definition) is 1. The number of sulfonamides is 1. The Kier molecular flexibility index (Phi) is 7.45.